The van der Waals surface area contributed by atoms with Crippen molar-refractivity contribution in [2.24, 2.45) is 0 Å². The summed E-state index contributed by atoms with van der Waals surface area (Å²) in [5.41, 5.74) is 0.150. The van der Waals surface area contributed by atoms with Crippen LogP contribution in [0.2, 0.25) is 0 Å². The number of halogens is 1. The van der Waals surface area contributed by atoms with E-state index in [2.05, 4.69) is 6.58 Å². The summed E-state index contributed by atoms with van der Waals surface area (Å²) in [6.07, 6.45) is 0. The quantitative estimate of drug-likeness (QED) is 0.343. The van der Waals surface area contributed by atoms with Crippen LogP contribution in [0, 0.1) is 0 Å². The molecule has 0 aliphatic heterocycles. The normalized spacial score (nSPS) is 13.0. The number of carboxylic acids is 1. The molecule has 0 N–H and O–H groups in total. The van der Waals surface area contributed by atoms with E-state index in [0.717, 1.165) is 0 Å². The second kappa shape index (κ2) is 4.48. The lowest BCUT2D eigenvalue weighted by Crippen LogP contribution is -3.00. The molecule has 1 unspecified atom stereocenters. The fraction of sp³-hybridized carbons (Fsp3) is 0.625. The minimum atomic E-state index is -1.16. The number of likely N-dealkylation sites (N-methyl/N-ethyl adjacent to an activating group) is 1. The van der Waals surface area contributed by atoms with E-state index in [1.807, 2.05) is 28.1 Å². The molecule has 4 heteroatoms. The Labute approximate surface area is 79.7 Å². The van der Waals surface area contributed by atoms with Crippen LogP contribution in [-0.2, 0) is 4.79 Å². The molecule has 0 spiro atoms. The van der Waals surface area contributed by atoms with Gasteiger partial charge in [0.05, 0.1) is 27.1 Å². The first kappa shape index (κ1) is 14.0. The molecule has 0 aromatic rings. The van der Waals surface area contributed by atoms with Crippen molar-refractivity contribution in [2.45, 2.75) is 13.0 Å². The maximum atomic E-state index is 10.4. The lowest BCUT2D eigenvalue weighted by atomic mass is 10.1. The maximum absolute atomic E-state index is 10.4. The van der Waals surface area contributed by atoms with E-state index in [1.54, 1.807) is 0 Å². The molecule has 0 saturated carbocycles. The van der Waals surface area contributed by atoms with Crippen LogP contribution in [0.3, 0.4) is 0 Å². The number of quaternary nitrogens is 1. The Morgan fingerprint density at radius 3 is 1.83 bits per heavy atom. The van der Waals surface area contributed by atoms with Gasteiger partial charge in [0, 0.05) is 5.57 Å². The molecule has 0 amide bonds. The Morgan fingerprint density at radius 2 is 1.75 bits per heavy atom. The summed E-state index contributed by atoms with van der Waals surface area (Å²) in [6.45, 7) is 5.26. The summed E-state index contributed by atoms with van der Waals surface area (Å²) in [4.78, 5) is 10.4. The first-order valence-corrected chi connectivity index (χ1v) is 3.48. The summed E-state index contributed by atoms with van der Waals surface area (Å²) < 4.78 is 0.548. The average Bonchev–Trinajstić information content (AvgIpc) is 1.82. The largest absolute Gasteiger partial charge is 1.00 e. The van der Waals surface area contributed by atoms with Gasteiger partial charge in [-0.05, 0) is 6.92 Å². The van der Waals surface area contributed by atoms with Crippen molar-refractivity contribution in [3.63, 3.8) is 0 Å². The predicted molar refractivity (Wildman–Crippen MR) is 41.6 cm³/mol. The van der Waals surface area contributed by atoms with Crippen LogP contribution in [0.1, 0.15) is 6.92 Å². The molecular formula is C8H15ClNO2-. The topological polar surface area (TPSA) is 40.1 Å². The number of carbonyl (C=O) groups excluding carboxylic acids is 1. The van der Waals surface area contributed by atoms with Crippen molar-refractivity contribution in [3.05, 3.63) is 12.2 Å². The monoisotopic (exact) mass is 192 g/mol. The van der Waals surface area contributed by atoms with E-state index in [1.165, 1.54) is 0 Å². The molecule has 0 fully saturated rings. The second-order valence-corrected chi connectivity index (χ2v) is 3.60. The average molecular weight is 193 g/mol. The second-order valence-electron chi connectivity index (χ2n) is 3.60. The molecule has 0 bridgehead atoms. The van der Waals surface area contributed by atoms with Crippen molar-refractivity contribution in [2.75, 3.05) is 21.1 Å². The van der Waals surface area contributed by atoms with Gasteiger partial charge in [-0.1, -0.05) is 6.58 Å². The van der Waals surface area contributed by atoms with Gasteiger partial charge >= 0.3 is 0 Å². The van der Waals surface area contributed by atoms with Gasteiger partial charge in [0.25, 0.3) is 0 Å². The highest BCUT2D eigenvalue weighted by Gasteiger charge is 2.21. The van der Waals surface area contributed by atoms with E-state index >= 15 is 0 Å². The van der Waals surface area contributed by atoms with Gasteiger partial charge in [-0.2, -0.15) is 0 Å². The SMILES string of the molecule is C=C(C(=O)[O-])C(C)[N+](C)(C)C.[Cl-]. The van der Waals surface area contributed by atoms with Crippen molar-refractivity contribution >= 4 is 5.97 Å². The predicted octanol–water partition coefficient (Wildman–Crippen LogP) is -3.61. The smallest absolute Gasteiger partial charge is 0.112 e. The lowest BCUT2D eigenvalue weighted by molar-refractivity contribution is -0.888. The van der Waals surface area contributed by atoms with Crippen molar-refractivity contribution in [3.8, 4) is 0 Å². The van der Waals surface area contributed by atoms with Gasteiger partial charge in [0.15, 0.2) is 0 Å². The fourth-order valence-electron chi connectivity index (χ4n) is 0.638. The Bertz CT molecular complexity index is 184. The summed E-state index contributed by atoms with van der Waals surface area (Å²) in [5, 5.41) is 10.4. The first-order chi connectivity index (χ1) is 4.76. The third-order valence-corrected chi connectivity index (χ3v) is 1.93. The minimum absolute atomic E-state index is 0. The summed E-state index contributed by atoms with van der Waals surface area (Å²) in [7, 11) is 5.75. The number of aliphatic carboxylic acids is 1. The van der Waals surface area contributed by atoms with Gasteiger partial charge in [-0.15, -0.1) is 0 Å². The van der Waals surface area contributed by atoms with Crippen LogP contribution < -0.4 is 17.5 Å². The van der Waals surface area contributed by atoms with Crippen LogP contribution in [0.5, 0.6) is 0 Å². The molecule has 12 heavy (non-hydrogen) atoms. The highest BCUT2D eigenvalue weighted by Crippen LogP contribution is 2.09. The van der Waals surface area contributed by atoms with Crippen molar-refractivity contribution < 1.29 is 26.8 Å². The third kappa shape index (κ3) is 3.74. The number of nitrogens with zero attached hydrogens (tertiary/aromatic N) is 1. The number of hydrogen-bond donors (Lipinski definition) is 0. The number of carboxylic acid groups (broad SMARTS) is 1. The van der Waals surface area contributed by atoms with Crippen LogP contribution in [0.15, 0.2) is 12.2 Å². The van der Waals surface area contributed by atoms with E-state index in [9.17, 15) is 9.90 Å². The van der Waals surface area contributed by atoms with Gasteiger partial charge in [0.1, 0.15) is 6.04 Å². The Kier molecular flexibility index (Phi) is 5.23. The lowest BCUT2D eigenvalue weighted by Gasteiger charge is -2.33. The van der Waals surface area contributed by atoms with E-state index in [0.29, 0.717) is 4.48 Å². The zero-order valence-corrected chi connectivity index (χ0v) is 8.68. The van der Waals surface area contributed by atoms with Crippen LogP contribution in [0.4, 0.5) is 0 Å². The van der Waals surface area contributed by atoms with Crippen molar-refractivity contribution in [1.82, 2.24) is 0 Å². The molecule has 0 rings (SSSR count). The standard InChI is InChI=1S/C8H15NO2.ClH/c1-6(8(10)11)7(2)9(3,4)5;/h7H,1H2,2-5H3;1H/p-1. The third-order valence-electron chi connectivity index (χ3n) is 1.93. The zero-order valence-electron chi connectivity index (χ0n) is 7.93. The van der Waals surface area contributed by atoms with Gasteiger partial charge in [-0.3, -0.25) is 0 Å². The molecular weight excluding hydrogens is 178 g/mol. The summed E-state index contributed by atoms with van der Waals surface area (Å²) in [5.74, 6) is -1.16. The maximum Gasteiger partial charge on any atom is 0.112 e. The van der Waals surface area contributed by atoms with Crippen LogP contribution in [0.25, 0.3) is 0 Å². The molecule has 0 heterocycles. The van der Waals surface area contributed by atoms with E-state index in [-0.39, 0.29) is 24.0 Å². The van der Waals surface area contributed by atoms with E-state index < -0.39 is 5.97 Å². The number of rotatable bonds is 3. The van der Waals surface area contributed by atoms with E-state index in [4.69, 9.17) is 0 Å². The van der Waals surface area contributed by atoms with Gasteiger partial charge in [-0.25, -0.2) is 0 Å². The molecule has 72 valence electrons. The Balaban J connectivity index is 0. The molecule has 1 atom stereocenters. The van der Waals surface area contributed by atoms with Gasteiger partial charge in [0.2, 0.25) is 0 Å². The Hall–Kier alpha value is -0.540. The molecule has 0 aromatic heterocycles. The molecule has 0 aliphatic carbocycles. The van der Waals surface area contributed by atoms with Gasteiger partial charge < -0.3 is 26.8 Å². The first-order valence-electron chi connectivity index (χ1n) is 3.48. The fourth-order valence-corrected chi connectivity index (χ4v) is 0.638. The molecule has 0 radical (unpaired) electrons. The molecule has 3 nitrogen and oxygen atoms in total. The highest BCUT2D eigenvalue weighted by molar-refractivity contribution is 5.84. The highest BCUT2D eigenvalue weighted by atomic mass is 35.5. The van der Waals surface area contributed by atoms with Crippen LogP contribution in [-0.4, -0.2) is 37.6 Å². The molecule has 0 aliphatic rings. The van der Waals surface area contributed by atoms with Crippen molar-refractivity contribution in [1.29, 1.82) is 0 Å². The Morgan fingerprint density at radius 1 is 1.42 bits per heavy atom. The zero-order chi connectivity index (χ0) is 9.23. The minimum Gasteiger partial charge on any atom is -1.00 e. The number of hydrogen-bond acceptors (Lipinski definition) is 2. The summed E-state index contributed by atoms with van der Waals surface area (Å²) >= 11 is 0. The molecule has 0 saturated heterocycles. The number of carbonyl (C=O) groups is 1. The molecule has 0 aromatic carbocycles. The van der Waals surface area contributed by atoms with Crippen LogP contribution >= 0.6 is 0 Å². The summed E-state index contributed by atoms with van der Waals surface area (Å²) in [6, 6.07) is -0.111.